The zero-order valence-corrected chi connectivity index (χ0v) is 18.3. The molecule has 0 unspecified atom stereocenters. The van der Waals surface area contributed by atoms with E-state index in [4.69, 9.17) is 4.74 Å². The predicted octanol–water partition coefficient (Wildman–Crippen LogP) is 1.91. The van der Waals surface area contributed by atoms with Gasteiger partial charge in [-0.25, -0.2) is 4.99 Å². The number of carbonyl (C=O) groups excluding carboxylic acids is 1. The van der Waals surface area contributed by atoms with Crippen LogP contribution in [0.1, 0.15) is 36.6 Å². The van der Waals surface area contributed by atoms with Crippen LogP contribution in [-0.4, -0.2) is 43.6 Å². The number of rotatable bonds is 8. The molecule has 1 amide bonds. The van der Waals surface area contributed by atoms with Gasteiger partial charge < -0.3 is 20.7 Å². The first kappa shape index (κ1) is 22.5. The Morgan fingerprint density at radius 2 is 1.96 bits per heavy atom. The van der Waals surface area contributed by atoms with Crippen molar-refractivity contribution >= 4 is 35.8 Å². The van der Waals surface area contributed by atoms with Gasteiger partial charge >= 0.3 is 0 Å². The van der Waals surface area contributed by atoms with Crippen LogP contribution in [0.5, 0.6) is 5.75 Å². The second-order valence-electron chi connectivity index (χ2n) is 6.23. The lowest BCUT2D eigenvalue weighted by molar-refractivity contribution is -0.122. The number of amides is 1. The van der Waals surface area contributed by atoms with Gasteiger partial charge in [0.2, 0.25) is 5.91 Å². The van der Waals surface area contributed by atoms with Crippen molar-refractivity contribution in [3.05, 3.63) is 23.0 Å². The predicted molar refractivity (Wildman–Crippen MR) is 114 cm³/mol. The van der Waals surface area contributed by atoms with Gasteiger partial charge in [0.15, 0.2) is 5.96 Å². The standard InChI is InChI=1S/C18H29N5O2.HI/c1-5-19-18(21-9-8-20-17(24)14-6-7-14)23-11-15-13(3)16(25-4)12(2)10-22-15;/h10,14H,5-9,11H2,1-4H3,(H,20,24)(H2,19,21,23);1H. The second-order valence-corrected chi connectivity index (χ2v) is 6.23. The minimum Gasteiger partial charge on any atom is -0.496 e. The summed E-state index contributed by atoms with van der Waals surface area (Å²) in [5, 5.41) is 9.37. The lowest BCUT2D eigenvalue weighted by atomic mass is 10.1. The molecule has 1 aliphatic rings. The molecule has 7 nitrogen and oxygen atoms in total. The number of nitrogens with one attached hydrogen (secondary N) is 3. The zero-order valence-electron chi connectivity index (χ0n) is 16.0. The van der Waals surface area contributed by atoms with Gasteiger partial charge in [-0.1, -0.05) is 0 Å². The second kappa shape index (κ2) is 11.2. The van der Waals surface area contributed by atoms with E-state index in [2.05, 4.69) is 25.9 Å². The van der Waals surface area contributed by atoms with Crippen LogP contribution in [0.2, 0.25) is 0 Å². The van der Waals surface area contributed by atoms with E-state index < -0.39 is 0 Å². The van der Waals surface area contributed by atoms with Gasteiger partial charge in [0.25, 0.3) is 0 Å². The first-order chi connectivity index (χ1) is 12.1. The van der Waals surface area contributed by atoms with Crippen molar-refractivity contribution in [3.63, 3.8) is 0 Å². The van der Waals surface area contributed by atoms with Crippen molar-refractivity contribution < 1.29 is 9.53 Å². The smallest absolute Gasteiger partial charge is 0.223 e. The van der Waals surface area contributed by atoms with E-state index in [1.54, 1.807) is 7.11 Å². The fourth-order valence-electron chi connectivity index (χ4n) is 2.58. The minimum absolute atomic E-state index is 0. The number of carbonyl (C=O) groups is 1. The average molecular weight is 475 g/mol. The molecule has 1 saturated carbocycles. The number of nitrogens with zero attached hydrogens (tertiary/aromatic N) is 2. The van der Waals surface area contributed by atoms with Gasteiger partial charge in [-0.05, 0) is 33.6 Å². The lowest BCUT2D eigenvalue weighted by Gasteiger charge is -2.13. The van der Waals surface area contributed by atoms with E-state index >= 15 is 0 Å². The topological polar surface area (TPSA) is 87.6 Å². The van der Waals surface area contributed by atoms with Crippen LogP contribution in [0.15, 0.2) is 11.2 Å². The molecule has 0 radical (unpaired) electrons. The summed E-state index contributed by atoms with van der Waals surface area (Å²) in [6, 6.07) is 0. The highest BCUT2D eigenvalue weighted by atomic mass is 127. The van der Waals surface area contributed by atoms with Gasteiger partial charge in [-0.3, -0.25) is 9.78 Å². The normalized spacial score (nSPS) is 13.6. The van der Waals surface area contributed by atoms with Crippen molar-refractivity contribution in [1.82, 2.24) is 20.9 Å². The van der Waals surface area contributed by atoms with E-state index in [1.165, 1.54) is 0 Å². The fourth-order valence-corrected chi connectivity index (χ4v) is 2.58. The molecule has 3 N–H and O–H groups in total. The third kappa shape index (κ3) is 6.62. The van der Waals surface area contributed by atoms with E-state index in [0.29, 0.717) is 25.6 Å². The maximum atomic E-state index is 11.6. The molecule has 1 heterocycles. The summed E-state index contributed by atoms with van der Waals surface area (Å²) in [6.45, 7) is 8.45. The van der Waals surface area contributed by atoms with Crippen molar-refractivity contribution in [3.8, 4) is 5.75 Å². The van der Waals surface area contributed by atoms with Gasteiger partial charge in [0.1, 0.15) is 5.75 Å². The Labute approximate surface area is 172 Å². The third-order valence-corrected chi connectivity index (χ3v) is 4.15. The number of aryl methyl sites for hydroxylation is 1. The molecule has 146 valence electrons. The Morgan fingerprint density at radius 1 is 1.27 bits per heavy atom. The summed E-state index contributed by atoms with van der Waals surface area (Å²) in [4.78, 5) is 20.6. The number of halogens is 1. The minimum atomic E-state index is 0. The zero-order chi connectivity index (χ0) is 18.2. The highest BCUT2D eigenvalue weighted by molar-refractivity contribution is 14.0. The summed E-state index contributed by atoms with van der Waals surface area (Å²) in [5.41, 5.74) is 2.92. The Bertz CT molecular complexity index is 632. The fraction of sp³-hybridized carbons (Fsp3) is 0.611. The molecule has 2 rings (SSSR count). The van der Waals surface area contributed by atoms with Crippen LogP contribution in [0, 0.1) is 19.8 Å². The number of guanidine groups is 1. The number of aliphatic imine (C=N–C) groups is 1. The molecule has 1 fully saturated rings. The summed E-state index contributed by atoms with van der Waals surface area (Å²) in [6.07, 6.45) is 3.86. The molecule has 8 heteroatoms. The molecular weight excluding hydrogens is 445 g/mol. The van der Waals surface area contributed by atoms with Gasteiger partial charge in [-0.2, -0.15) is 0 Å². The molecule has 0 aromatic carbocycles. The Kier molecular flexibility index (Phi) is 9.68. The molecule has 0 spiro atoms. The maximum Gasteiger partial charge on any atom is 0.223 e. The van der Waals surface area contributed by atoms with Crippen LogP contribution < -0.4 is 20.7 Å². The van der Waals surface area contributed by atoms with Crippen LogP contribution >= 0.6 is 24.0 Å². The molecule has 0 atom stereocenters. The highest BCUT2D eigenvalue weighted by Gasteiger charge is 2.28. The van der Waals surface area contributed by atoms with E-state index in [1.807, 2.05) is 27.0 Å². The number of hydrogen-bond acceptors (Lipinski definition) is 4. The molecule has 1 aromatic heterocycles. The SMILES string of the molecule is CCNC(=NCc1ncc(C)c(OC)c1C)NCCNC(=O)C1CC1.I. The number of methoxy groups -OCH3 is 1. The first-order valence-electron chi connectivity index (χ1n) is 8.85. The number of aromatic nitrogens is 1. The van der Waals surface area contributed by atoms with Gasteiger partial charge in [-0.15, -0.1) is 24.0 Å². The highest BCUT2D eigenvalue weighted by Crippen LogP contribution is 2.28. The van der Waals surface area contributed by atoms with Crippen molar-refractivity contribution in [1.29, 1.82) is 0 Å². The van der Waals surface area contributed by atoms with E-state index in [-0.39, 0.29) is 35.8 Å². The molecule has 1 aromatic rings. The molecule has 0 aliphatic heterocycles. The van der Waals surface area contributed by atoms with Crippen LogP contribution in [0.25, 0.3) is 0 Å². The molecule has 0 bridgehead atoms. The van der Waals surface area contributed by atoms with Crippen molar-refractivity contribution in [2.45, 2.75) is 40.2 Å². The van der Waals surface area contributed by atoms with Crippen LogP contribution in [0.4, 0.5) is 0 Å². The number of pyridine rings is 1. The van der Waals surface area contributed by atoms with Gasteiger partial charge in [0.05, 0.1) is 19.3 Å². The molecular formula is C18H30IN5O2. The average Bonchev–Trinajstić information content (AvgIpc) is 3.43. The monoisotopic (exact) mass is 475 g/mol. The Hall–Kier alpha value is -1.58. The molecule has 26 heavy (non-hydrogen) atoms. The maximum absolute atomic E-state index is 11.6. The lowest BCUT2D eigenvalue weighted by Crippen LogP contribution is -2.41. The Morgan fingerprint density at radius 3 is 2.58 bits per heavy atom. The quantitative estimate of drug-likeness (QED) is 0.232. The van der Waals surface area contributed by atoms with Gasteiger partial charge in [0, 0.05) is 42.9 Å². The largest absolute Gasteiger partial charge is 0.496 e. The van der Waals surface area contributed by atoms with Crippen molar-refractivity contribution in [2.24, 2.45) is 10.9 Å². The van der Waals surface area contributed by atoms with Crippen LogP contribution in [-0.2, 0) is 11.3 Å². The number of ether oxygens (including phenoxy) is 1. The van der Waals surface area contributed by atoms with E-state index in [9.17, 15) is 4.79 Å². The summed E-state index contributed by atoms with van der Waals surface area (Å²) in [7, 11) is 1.67. The van der Waals surface area contributed by atoms with E-state index in [0.717, 1.165) is 42.0 Å². The van der Waals surface area contributed by atoms with Crippen LogP contribution in [0.3, 0.4) is 0 Å². The summed E-state index contributed by atoms with van der Waals surface area (Å²) >= 11 is 0. The number of hydrogen-bond donors (Lipinski definition) is 3. The molecule has 1 aliphatic carbocycles. The summed E-state index contributed by atoms with van der Waals surface area (Å²) < 4.78 is 5.44. The summed E-state index contributed by atoms with van der Waals surface area (Å²) in [5.74, 6) is 1.98. The molecule has 0 saturated heterocycles. The Balaban J connectivity index is 0.00000338. The third-order valence-electron chi connectivity index (χ3n) is 4.15. The first-order valence-corrected chi connectivity index (χ1v) is 8.85. The van der Waals surface area contributed by atoms with Crippen molar-refractivity contribution in [2.75, 3.05) is 26.7 Å².